The summed E-state index contributed by atoms with van der Waals surface area (Å²) in [7, 11) is 0. The van der Waals surface area contributed by atoms with E-state index in [4.69, 9.17) is 0 Å². The van der Waals surface area contributed by atoms with E-state index in [2.05, 4.69) is 20.6 Å². The molecule has 0 bridgehead atoms. The van der Waals surface area contributed by atoms with E-state index >= 15 is 0 Å². The normalized spacial score (nSPS) is 11.1. The molecule has 0 radical (unpaired) electrons. The van der Waals surface area contributed by atoms with Gasteiger partial charge in [-0.05, 0) is 43.0 Å². The maximum absolute atomic E-state index is 12.2. The molecule has 2 aromatic heterocycles. The molecule has 2 aromatic carbocycles. The summed E-state index contributed by atoms with van der Waals surface area (Å²) in [6, 6.07) is 11.3. The number of hydrogen-bond donors (Lipinski definition) is 2. The topological polar surface area (TPSA) is 66.9 Å². The molecule has 0 aliphatic heterocycles. The molecule has 8 heteroatoms. The molecule has 0 saturated heterocycles. The quantitative estimate of drug-likeness (QED) is 0.451. The van der Waals surface area contributed by atoms with Gasteiger partial charge in [0.05, 0.1) is 20.4 Å². The SMILES string of the molecule is CSc1nc2ccc3nc(NC(=O)Nc4cccc(C)c4)sc3c2s1. The van der Waals surface area contributed by atoms with Crippen molar-refractivity contribution in [3.63, 3.8) is 0 Å². The van der Waals surface area contributed by atoms with Gasteiger partial charge in [-0.15, -0.1) is 11.3 Å². The van der Waals surface area contributed by atoms with E-state index in [1.165, 1.54) is 11.3 Å². The van der Waals surface area contributed by atoms with Crippen LogP contribution in [0.5, 0.6) is 0 Å². The van der Waals surface area contributed by atoms with Crippen molar-refractivity contribution < 1.29 is 4.79 Å². The highest BCUT2D eigenvalue weighted by Gasteiger charge is 2.13. The highest BCUT2D eigenvalue weighted by Crippen LogP contribution is 2.37. The van der Waals surface area contributed by atoms with Gasteiger partial charge in [-0.25, -0.2) is 14.8 Å². The molecule has 2 amide bonds. The van der Waals surface area contributed by atoms with Crippen LogP contribution in [0.1, 0.15) is 5.56 Å². The number of carbonyl (C=O) groups is 1. The second kappa shape index (κ2) is 6.62. The molecule has 0 spiro atoms. The molecular formula is C17H14N4OS3. The van der Waals surface area contributed by atoms with Gasteiger partial charge in [-0.3, -0.25) is 5.32 Å². The number of thiazole rings is 2. The molecule has 0 fully saturated rings. The molecule has 5 nitrogen and oxygen atoms in total. The first-order chi connectivity index (χ1) is 12.1. The second-order valence-corrected chi connectivity index (χ2v) is 8.47. The number of benzene rings is 2. The predicted octanol–water partition coefficient (Wildman–Crippen LogP) is 5.58. The van der Waals surface area contributed by atoms with Crippen LogP contribution in [0.15, 0.2) is 40.7 Å². The van der Waals surface area contributed by atoms with Crippen LogP contribution in [-0.4, -0.2) is 22.3 Å². The summed E-state index contributed by atoms with van der Waals surface area (Å²) in [4.78, 5) is 21.3. The average Bonchev–Trinajstić information content (AvgIpc) is 3.17. The number of thioether (sulfide) groups is 1. The van der Waals surface area contributed by atoms with Gasteiger partial charge in [0.1, 0.15) is 0 Å². The Kier molecular flexibility index (Phi) is 4.32. The number of amides is 2. The Morgan fingerprint density at radius 1 is 1.04 bits per heavy atom. The highest BCUT2D eigenvalue weighted by atomic mass is 32.2. The first kappa shape index (κ1) is 16.3. The first-order valence-electron chi connectivity index (χ1n) is 7.51. The van der Waals surface area contributed by atoms with Crippen LogP contribution < -0.4 is 10.6 Å². The molecule has 0 atom stereocenters. The largest absolute Gasteiger partial charge is 0.325 e. The number of carbonyl (C=O) groups excluding carboxylic acids is 1. The zero-order valence-electron chi connectivity index (χ0n) is 13.5. The number of anilines is 2. The Balaban J connectivity index is 1.60. The third kappa shape index (κ3) is 3.33. The number of aryl methyl sites for hydroxylation is 1. The number of rotatable bonds is 3. The molecule has 4 rings (SSSR count). The Labute approximate surface area is 156 Å². The lowest BCUT2D eigenvalue weighted by atomic mass is 10.2. The van der Waals surface area contributed by atoms with E-state index in [0.29, 0.717) is 5.13 Å². The minimum Gasteiger partial charge on any atom is -0.308 e. The Morgan fingerprint density at radius 2 is 1.80 bits per heavy atom. The van der Waals surface area contributed by atoms with Gasteiger partial charge in [-0.1, -0.05) is 35.2 Å². The molecule has 2 N–H and O–H groups in total. The van der Waals surface area contributed by atoms with Crippen molar-refractivity contribution in [2.24, 2.45) is 0 Å². The second-order valence-electron chi connectivity index (χ2n) is 5.41. The third-order valence-corrected chi connectivity index (χ3v) is 6.77. The summed E-state index contributed by atoms with van der Waals surface area (Å²) in [5.41, 5.74) is 3.70. The first-order valence-corrected chi connectivity index (χ1v) is 10.4. The van der Waals surface area contributed by atoms with Crippen molar-refractivity contribution in [3.8, 4) is 0 Å². The summed E-state index contributed by atoms with van der Waals surface area (Å²) in [5.74, 6) is 0. The number of fused-ring (bicyclic) bond motifs is 3. The van der Waals surface area contributed by atoms with Gasteiger partial charge >= 0.3 is 6.03 Å². The molecule has 0 saturated carbocycles. The molecule has 126 valence electrons. The van der Waals surface area contributed by atoms with Crippen LogP contribution in [0.25, 0.3) is 20.4 Å². The van der Waals surface area contributed by atoms with Gasteiger partial charge in [0.15, 0.2) is 9.47 Å². The Bertz CT molecular complexity index is 1090. The lowest BCUT2D eigenvalue weighted by molar-refractivity contribution is 0.262. The van der Waals surface area contributed by atoms with Crippen molar-refractivity contribution in [3.05, 3.63) is 42.0 Å². The van der Waals surface area contributed by atoms with Gasteiger partial charge in [0.25, 0.3) is 0 Å². The minimum atomic E-state index is -0.296. The van der Waals surface area contributed by atoms with Crippen LogP contribution in [0.3, 0.4) is 0 Å². The van der Waals surface area contributed by atoms with Crippen molar-refractivity contribution in [2.75, 3.05) is 16.9 Å². The maximum Gasteiger partial charge on any atom is 0.325 e. The van der Waals surface area contributed by atoms with E-state index in [1.807, 2.05) is 49.6 Å². The molecular weight excluding hydrogens is 372 g/mol. The standard InChI is InChI=1S/C17H14N4OS3/c1-9-4-3-5-10(8-9)18-15(22)21-16-19-11-6-7-12-14(13(11)24-16)25-17(20-12)23-2/h3-8H,1-2H3,(H2,18,19,21,22). The summed E-state index contributed by atoms with van der Waals surface area (Å²) < 4.78 is 3.20. The number of nitrogens with zero attached hydrogens (tertiary/aromatic N) is 2. The van der Waals surface area contributed by atoms with Crippen molar-refractivity contribution in [2.45, 2.75) is 11.3 Å². The molecule has 0 aliphatic rings. The fourth-order valence-corrected chi connectivity index (χ4v) is 5.13. The van der Waals surface area contributed by atoms with E-state index in [1.54, 1.807) is 23.1 Å². The summed E-state index contributed by atoms with van der Waals surface area (Å²) in [6.07, 6.45) is 2.02. The maximum atomic E-state index is 12.2. The zero-order valence-corrected chi connectivity index (χ0v) is 15.9. The Morgan fingerprint density at radius 3 is 2.56 bits per heavy atom. The van der Waals surface area contributed by atoms with Gasteiger partial charge < -0.3 is 5.32 Å². The van der Waals surface area contributed by atoms with Crippen LogP contribution in [0.4, 0.5) is 15.6 Å². The van der Waals surface area contributed by atoms with Crippen molar-refractivity contribution in [1.82, 2.24) is 9.97 Å². The number of nitrogens with one attached hydrogen (secondary N) is 2. The average molecular weight is 387 g/mol. The lowest BCUT2D eigenvalue weighted by Crippen LogP contribution is -2.19. The molecule has 2 heterocycles. The summed E-state index contributed by atoms with van der Waals surface area (Å²) >= 11 is 4.76. The van der Waals surface area contributed by atoms with Crippen LogP contribution >= 0.6 is 34.4 Å². The number of aromatic nitrogens is 2. The van der Waals surface area contributed by atoms with E-state index in [0.717, 1.165) is 36.0 Å². The van der Waals surface area contributed by atoms with E-state index in [-0.39, 0.29) is 6.03 Å². The molecule has 4 aromatic rings. The lowest BCUT2D eigenvalue weighted by Gasteiger charge is -2.05. The number of urea groups is 1. The van der Waals surface area contributed by atoms with Crippen molar-refractivity contribution in [1.29, 1.82) is 0 Å². The van der Waals surface area contributed by atoms with E-state index in [9.17, 15) is 4.79 Å². The zero-order chi connectivity index (χ0) is 17.4. The van der Waals surface area contributed by atoms with Crippen LogP contribution in [0, 0.1) is 6.92 Å². The van der Waals surface area contributed by atoms with Crippen LogP contribution in [0.2, 0.25) is 0 Å². The summed E-state index contributed by atoms with van der Waals surface area (Å²) in [5, 5.41) is 6.23. The van der Waals surface area contributed by atoms with Gasteiger partial charge in [0, 0.05) is 5.69 Å². The fourth-order valence-electron chi connectivity index (χ4n) is 2.48. The third-order valence-electron chi connectivity index (χ3n) is 3.56. The highest BCUT2D eigenvalue weighted by molar-refractivity contribution is 8.00. The van der Waals surface area contributed by atoms with Crippen molar-refractivity contribution >= 4 is 71.7 Å². The molecule has 0 aliphatic carbocycles. The summed E-state index contributed by atoms with van der Waals surface area (Å²) in [6.45, 7) is 1.99. The minimum absolute atomic E-state index is 0.296. The predicted molar refractivity (Wildman–Crippen MR) is 108 cm³/mol. The fraction of sp³-hybridized carbons (Fsp3) is 0.118. The van der Waals surface area contributed by atoms with Gasteiger partial charge in [-0.2, -0.15) is 0 Å². The van der Waals surface area contributed by atoms with Gasteiger partial charge in [0.2, 0.25) is 0 Å². The Hall–Kier alpha value is -2.16. The van der Waals surface area contributed by atoms with E-state index < -0.39 is 0 Å². The smallest absolute Gasteiger partial charge is 0.308 e. The number of hydrogen-bond acceptors (Lipinski definition) is 6. The molecule has 25 heavy (non-hydrogen) atoms. The monoisotopic (exact) mass is 386 g/mol. The molecule has 0 unspecified atom stereocenters. The van der Waals surface area contributed by atoms with Crippen LogP contribution in [-0.2, 0) is 0 Å².